The van der Waals surface area contributed by atoms with Crippen LogP contribution in [0.25, 0.3) is 0 Å². The maximum absolute atomic E-state index is 12.3. The van der Waals surface area contributed by atoms with Crippen LogP contribution in [-0.4, -0.2) is 20.6 Å². The van der Waals surface area contributed by atoms with E-state index in [9.17, 15) is 13.2 Å². The van der Waals surface area contributed by atoms with Gasteiger partial charge in [-0.1, -0.05) is 19.1 Å². The lowest BCUT2D eigenvalue weighted by Crippen LogP contribution is -2.26. The molecule has 1 aliphatic carbocycles. The highest BCUT2D eigenvalue weighted by Crippen LogP contribution is 2.47. The molecule has 7 heteroatoms. The largest absolute Gasteiger partial charge is 0.466 e. The van der Waals surface area contributed by atoms with Crippen molar-refractivity contribution < 1.29 is 17.6 Å². The van der Waals surface area contributed by atoms with Crippen LogP contribution in [0.5, 0.6) is 0 Å². The third-order valence-corrected chi connectivity index (χ3v) is 5.43. The van der Waals surface area contributed by atoms with Gasteiger partial charge in [0, 0.05) is 24.4 Å². The molecule has 1 fully saturated rings. The van der Waals surface area contributed by atoms with Crippen LogP contribution in [0.4, 0.5) is 5.69 Å². The van der Waals surface area contributed by atoms with E-state index in [-0.39, 0.29) is 11.9 Å². The summed E-state index contributed by atoms with van der Waals surface area (Å²) in [6, 6.07) is 10.8. The van der Waals surface area contributed by atoms with Gasteiger partial charge in [0.15, 0.2) is 0 Å². The summed E-state index contributed by atoms with van der Waals surface area (Å²) in [5.74, 6) is 3.04. The van der Waals surface area contributed by atoms with Crippen LogP contribution in [0.1, 0.15) is 55.7 Å². The average Bonchev–Trinajstić information content (AvgIpc) is 3.13. The standard InChI is InChI=1S/C20H26N2O4S/c1-13-11-18(13)19-9-7-17(26-19)8-10-20(23)21-14(2)15-5-4-6-16(12-15)22-27(3,24)25/h4-7,9,12-14,18,22H,8,10-11H2,1-3H3,(H,21,23). The molecule has 1 saturated carbocycles. The molecule has 0 radical (unpaired) electrons. The van der Waals surface area contributed by atoms with Crippen LogP contribution in [0, 0.1) is 5.92 Å². The maximum Gasteiger partial charge on any atom is 0.229 e. The average molecular weight is 391 g/mol. The predicted molar refractivity (Wildman–Crippen MR) is 105 cm³/mol. The van der Waals surface area contributed by atoms with Gasteiger partial charge in [-0.15, -0.1) is 0 Å². The molecule has 2 N–H and O–H groups in total. The van der Waals surface area contributed by atoms with Crippen molar-refractivity contribution in [3.05, 3.63) is 53.5 Å². The number of hydrogen-bond donors (Lipinski definition) is 2. The van der Waals surface area contributed by atoms with E-state index in [1.807, 2.05) is 25.1 Å². The molecule has 3 unspecified atom stereocenters. The molecule has 1 heterocycles. The number of nitrogens with one attached hydrogen (secondary N) is 2. The van der Waals surface area contributed by atoms with Gasteiger partial charge in [0.05, 0.1) is 12.3 Å². The number of hydrogen-bond acceptors (Lipinski definition) is 4. The Balaban J connectivity index is 1.51. The minimum atomic E-state index is -3.33. The van der Waals surface area contributed by atoms with Gasteiger partial charge in [0.1, 0.15) is 11.5 Å². The lowest BCUT2D eigenvalue weighted by Gasteiger charge is -2.15. The van der Waals surface area contributed by atoms with Crippen LogP contribution < -0.4 is 10.0 Å². The van der Waals surface area contributed by atoms with Crippen molar-refractivity contribution in [2.45, 2.75) is 45.1 Å². The van der Waals surface area contributed by atoms with Crippen LogP contribution >= 0.6 is 0 Å². The van der Waals surface area contributed by atoms with Gasteiger partial charge in [-0.25, -0.2) is 8.42 Å². The van der Waals surface area contributed by atoms with Crippen LogP contribution in [0.2, 0.25) is 0 Å². The van der Waals surface area contributed by atoms with Crippen molar-refractivity contribution in [3.8, 4) is 0 Å². The highest BCUT2D eigenvalue weighted by molar-refractivity contribution is 7.92. The fourth-order valence-corrected chi connectivity index (χ4v) is 3.72. The number of carbonyl (C=O) groups excluding carboxylic acids is 1. The second kappa shape index (κ2) is 7.76. The fourth-order valence-electron chi connectivity index (χ4n) is 3.17. The molecule has 27 heavy (non-hydrogen) atoms. The molecule has 3 rings (SSSR count). The molecule has 2 aromatic rings. The molecule has 0 aliphatic heterocycles. The fraction of sp³-hybridized carbons (Fsp3) is 0.450. The Morgan fingerprint density at radius 2 is 2.04 bits per heavy atom. The van der Waals surface area contributed by atoms with Crippen molar-refractivity contribution in [1.29, 1.82) is 0 Å². The Morgan fingerprint density at radius 3 is 2.70 bits per heavy atom. The third kappa shape index (κ3) is 5.60. The van der Waals surface area contributed by atoms with Crippen molar-refractivity contribution in [3.63, 3.8) is 0 Å². The Hall–Kier alpha value is -2.28. The van der Waals surface area contributed by atoms with Crippen LogP contribution in [-0.2, 0) is 21.2 Å². The zero-order valence-corrected chi connectivity index (χ0v) is 16.7. The lowest BCUT2D eigenvalue weighted by molar-refractivity contribution is -0.121. The number of sulfonamides is 1. The maximum atomic E-state index is 12.3. The monoisotopic (exact) mass is 390 g/mol. The second-order valence-corrected chi connectivity index (χ2v) is 9.16. The lowest BCUT2D eigenvalue weighted by atomic mass is 10.1. The first-order valence-corrected chi connectivity index (χ1v) is 11.1. The first kappa shape index (κ1) is 19.5. The summed E-state index contributed by atoms with van der Waals surface area (Å²) in [6.45, 7) is 4.08. The van der Waals surface area contributed by atoms with Crippen molar-refractivity contribution in [1.82, 2.24) is 5.32 Å². The number of furan rings is 1. The van der Waals surface area contributed by atoms with Gasteiger partial charge in [-0.2, -0.15) is 0 Å². The SMILES string of the molecule is CC(NC(=O)CCc1ccc(C2CC2C)o1)c1cccc(NS(C)(=O)=O)c1. The van der Waals surface area contributed by atoms with Crippen molar-refractivity contribution in [2.75, 3.05) is 11.0 Å². The molecule has 1 amide bonds. The molecule has 0 saturated heterocycles. The van der Waals surface area contributed by atoms with E-state index >= 15 is 0 Å². The molecule has 146 valence electrons. The summed E-state index contributed by atoms with van der Waals surface area (Å²) in [5.41, 5.74) is 1.31. The quantitative estimate of drug-likeness (QED) is 0.721. The van der Waals surface area contributed by atoms with E-state index in [4.69, 9.17) is 4.42 Å². The second-order valence-electron chi connectivity index (χ2n) is 7.41. The molecule has 0 spiro atoms. The smallest absolute Gasteiger partial charge is 0.229 e. The third-order valence-electron chi connectivity index (χ3n) is 4.82. The normalized spacial score (nSPS) is 20.1. The number of carbonyl (C=O) groups is 1. The summed E-state index contributed by atoms with van der Waals surface area (Å²) in [7, 11) is -3.33. The van der Waals surface area contributed by atoms with Gasteiger partial charge in [-0.3, -0.25) is 9.52 Å². The van der Waals surface area contributed by atoms with E-state index in [0.29, 0.717) is 30.4 Å². The molecule has 1 aromatic carbocycles. The molecule has 0 bridgehead atoms. The van der Waals surface area contributed by atoms with E-state index in [1.165, 1.54) is 6.42 Å². The Kier molecular flexibility index (Phi) is 5.60. The molecular formula is C20H26N2O4S. The van der Waals surface area contributed by atoms with Gasteiger partial charge < -0.3 is 9.73 Å². The van der Waals surface area contributed by atoms with E-state index < -0.39 is 10.0 Å². The molecule has 3 atom stereocenters. The number of benzene rings is 1. The topological polar surface area (TPSA) is 88.4 Å². The van der Waals surface area contributed by atoms with E-state index in [1.54, 1.807) is 18.2 Å². The number of amides is 1. The Morgan fingerprint density at radius 1 is 1.30 bits per heavy atom. The van der Waals surface area contributed by atoms with Gasteiger partial charge in [-0.05, 0) is 49.1 Å². The van der Waals surface area contributed by atoms with Crippen molar-refractivity contribution >= 4 is 21.6 Å². The number of rotatable bonds is 8. The summed E-state index contributed by atoms with van der Waals surface area (Å²) >= 11 is 0. The summed E-state index contributed by atoms with van der Waals surface area (Å²) in [4.78, 5) is 12.3. The predicted octanol–water partition coefficient (Wildman–Crippen LogP) is 3.58. The summed E-state index contributed by atoms with van der Waals surface area (Å²) < 4.78 is 31.0. The van der Waals surface area contributed by atoms with E-state index in [2.05, 4.69) is 17.0 Å². The minimum absolute atomic E-state index is 0.0679. The van der Waals surface area contributed by atoms with Gasteiger partial charge in [0.2, 0.25) is 15.9 Å². The first-order chi connectivity index (χ1) is 12.7. The zero-order valence-electron chi connectivity index (χ0n) is 15.9. The highest BCUT2D eigenvalue weighted by Gasteiger charge is 2.36. The highest BCUT2D eigenvalue weighted by atomic mass is 32.2. The number of anilines is 1. The van der Waals surface area contributed by atoms with Crippen LogP contribution in [0.15, 0.2) is 40.8 Å². The molecule has 1 aliphatic rings. The first-order valence-electron chi connectivity index (χ1n) is 9.17. The molecule has 1 aromatic heterocycles. The van der Waals surface area contributed by atoms with E-state index in [0.717, 1.165) is 23.3 Å². The molecule has 6 nitrogen and oxygen atoms in total. The molecular weight excluding hydrogens is 364 g/mol. The van der Waals surface area contributed by atoms with Crippen molar-refractivity contribution in [2.24, 2.45) is 5.92 Å². The summed E-state index contributed by atoms with van der Waals surface area (Å²) in [5, 5.41) is 2.95. The number of aryl methyl sites for hydroxylation is 1. The Labute approximate surface area is 160 Å². The summed E-state index contributed by atoms with van der Waals surface area (Å²) in [6.07, 6.45) is 3.20. The minimum Gasteiger partial charge on any atom is -0.466 e. The van der Waals surface area contributed by atoms with Gasteiger partial charge >= 0.3 is 0 Å². The van der Waals surface area contributed by atoms with Gasteiger partial charge in [0.25, 0.3) is 0 Å². The van der Waals surface area contributed by atoms with Crippen LogP contribution in [0.3, 0.4) is 0 Å². The Bertz CT molecular complexity index is 920. The zero-order chi connectivity index (χ0) is 19.6.